The molecular weight excluding hydrogens is 238 g/mol. The average molecular weight is 261 g/mol. The highest BCUT2D eigenvalue weighted by atomic mass is 16.4. The van der Waals surface area contributed by atoms with Gasteiger partial charge in [0.15, 0.2) is 0 Å². The van der Waals surface area contributed by atoms with Crippen LogP contribution in [0.2, 0.25) is 0 Å². The van der Waals surface area contributed by atoms with Gasteiger partial charge in [-0.05, 0) is 51.1 Å². The first-order valence-corrected chi connectivity index (χ1v) is 7.08. The van der Waals surface area contributed by atoms with Gasteiger partial charge in [0.1, 0.15) is 0 Å². The fourth-order valence-corrected chi connectivity index (χ4v) is 3.15. The minimum absolute atomic E-state index is 0.133. The number of nitrogens with one attached hydrogen (secondary N) is 1. The van der Waals surface area contributed by atoms with Crippen molar-refractivity contribution in [3.05, 3.63) is 35.4 Å². The highest BCUT2D eigenvalue weighted by Crippen LogP contribution is 2.36. The smallest absolute Gasteiger partial charge is 0.306 e. The van der Waals surface area contributed by atoms with Crippen molar-refractivity contribution in [2.75, 3.05) is 7.05 Å². The van der Waals surface area contributed by atoms with E-state index in [1.807, 2.05) is 7.05 Å². The largest absolute Gasteiger partial charge is 0.481 e. The van der Waals surface area contributed by atoms with E-state index >= 15 is 0 Å². The molecule has 1 aromatic carbocycles. The Labute approximate surface area is 115 Å². The molecule has 0 saturated heterocycles. The molecule has 19 heavy (non-hydrogen) atoms. The third-order valence-electron chi connectivity index (χ3n) is 4.34. The molecule has 1 aliphatic carbocycles. The Morgan fingerprint density at radius 3 is 2.26 bits per heavy atom. The highest BCUT2D eigenvalue weighted by molar-refractivity contribution is 5.70. The number of hydrogen-bond donors (Lipinski definition) is 2. The monoisotopic (exact) mass is 261 g/mol. The molecule has 1 aliphatic rings. The summed E-state index contributed by atoms with van der Waals surface area (Å²) >= 11 is 0. The lowest BCUT2D eigenvalue weighted by atomic mass is 9.76. The summed E-state index contributed by atoms with van der Waals surface area (Å²) in [7, 11) is 1.99. The molecule has 0 spiro atoms. The topological polar surface area (TPSA) is 49.3 Å². The standard InChI is InChI=1S/C16H23NO2/c1-11-3-5-12(6-4-11)15(17-2)13-7-9-14(10-8-13)16(18)19/h3-6,13-15,17H,7-10H2,1-2H3,(H,18,19). The number of rotatable bonds is 4. The zero-order chi connectivity index (χ0) is 13.8. The maximum absolute atomic E-state index is 11.0. The number of carboxylic acids is 1. The minimum atomic E-state index is -0.630. The van der Waals surface area contributed by atoms with E-state index in [1.165, 1.54) is 11.1 Å². The van der Waals surface area contributed by atoms with Crippen molar-refractivity contribution in [1.82, 2.24) is 5.32 Å². The van der Waals surface area contributed by atoms with E-state index < -0.39 is 5.97 Å². The number of benzene rings is 1. The molecular formula is C16H23NO2. The molecule has 0 radical (unpaired) electrons. The van der Waals surface area contributed by atoms with Gasteiger partial charge in [-0.25, -0.2) is 0 Å². The van der Waals surface area contributed by atoms with Crippen molar-refractivity contribution < 1.29 is 9.90 Å². The normalized spacial score (nSPS) is 24.9. The summed E-state index contributed by atoms with van der Waals surface area (Å²) in [4.78, 5) is 11.0. The number of carboxylic acid groups (broad SMARTS) is 1. The molecule has 1 aromatic rings. The SMILES string of the molecule is CNC(c1ccc(C)cc1)C1CCC(C(=O)O)CC1. The van der Waals surface area contributed by atoms with E-state index in [4.69, 9.17) is 5.11 Å². The van der Waals surface area contributed by atoms with Crippen LogP contribution >= 0.6 is 0 Å². The van der Waals surface area contributed by atoms with Crippen LogP contribution in [0.1, 0.15) is 42.9 Å². The van der Waals surface area contributed by atoms with Gasteiger partial charge >= 0.3 is 5.97 Å². The molecule has 1 unspecified atom stereocenters. The lowest BCUT2D eigenvalue weighted by Crippen LogP contribution is -2.30. The third-order valence-corrected chi connectivity index (χ3v) is 4.34. The summed E-state index contributed by atoms with van der Waals surface area (Å²) in [5, 5.41) is 12.5. The number of carbonyl (C=O) groups is 1. The minimum Gasteiger partial charge on any atom is -0.481 e. The lowest BCUT2D eigenvalue weighted by molar-refractivity contribution is -0.143. The summed E-state index contributed by atoms with van der Waals surface area (Å²) in [5.41, 5.74) is 2.58. The molecule has 0 aliphatic heterocycles. The van der Waals surface area contributed by atoms with Crippen LogP contribution in [-0.2, 0) is 4.79 Å². The second kappa shape index (κ2) is 6.20. The van der Waals surface area contributed by atoms with Crippen LogP contribution in [-0.4, -0.2) is 18.1 Å². The first kappa shape index (κ1) is 14.1. The van der Waals surface area contributed by atoms with Gasteiger partial charge in [-0.2, -0.15) is 0 Å². The predicted octanol–water partition coefficient (Wildman–Crippen LogP) is 3.15. The zero-order valence-electron chi connectivity index (χ0n) is 11.7. The lowest BCUT2D eigenvalue weighted by Gasteiger charge is -2.32. The van der Waals surface area contributed by atoms with E-state index in [-0.39, 0.29) is 5.92 Å². The van der Waals surface area contributed by atoms with Crippen molar-refractivity contribution in [2.45, 2.75) is 38.6 Å². The first-order chi connectivity index (χ1) is 9.11. The van der Waals surface area contributed by atoms with Crippen LogP contribution in [0.5, 0.6) is 0 Å². The van der Waals surface area contributed by atoms with E-state index in [2.05, 4.69) is 36.5 Å². The zero-order valence-corrected chi connectivity index (χ0v) is 11.7. The van der Waals surface area contributed by atoms with E-state index in [1.54, 1.807) is 0 Å². The average Bonchev–Trinajstić information content (AvgIpc) is 2.42. The van der Waals surface area contributed by atoms with Crippen molar-refractivity contribution in [3.8, 4) is 0 Å². The van der Waals surface area contributed by atoms with Crippen LogP contribution in [0, 0.1) is 18.8 Å². The Morgan fingerprint density at radius 1 is 1.21 bits per heavy atom. The van der Waals surface area contributed by atoms with E-state index in [0.29, 0.717) is 12.0 Å². The van der Waals surface area contributed by atoms with Gasteiger partial charge in [0.05, 0.1) is 5.92 Å². The Balaban J connectivity index is 2.03. The van der Waals surface area contributed by atoms with E-state index in [0.717, 1.165) is 25.7 Å². The molecule has 1 atom stereocenters. The fourth-order valence-electron chi connectivity index (χ4n) is 3.15. The van der Waals surface area contributed by atoms with Gasteiger partial charge < -0.3 is 10.4 Å². The van der Waals surface area contributed by atoms with Gasteiger partial charge in [-0.15, -0.1) is 0 Å². The Kier molecular flexibility index (Phi) is 4.59. The van der Waals surface area contributed by atoms with Gasteiger partial charge in [-0.1, -0.05) is 29.8 Å². The summed E-state index contributed by atoms with van der Waals surface area (Å²) in [5.74, 6) is -0.218. The molecule has 3 nitrogen and oxygen atoms in total. The summed E-state index contributed by atoms with van der Waals surface area (Å²) in [6.45, 7) is 2.09. The molecule has 2 N–H and O–H groups in total. The molecule has 3 heteroatoms. The molecule has 1 saturated carbocycles. The van der Waals surface area contributed by atoms with Crippen LogP contribution in [0.3, 0.4) is 0 Å². The van der Waals surface area contributed by atoms with Gasteiger partial charge in [0.2, 0.25) is 0 Å². The van der Waals surface area contributed by atoms with Crippen LogP contribution < -0.4 is 5.32 Å². The molecule has 0 aromatic heterocycles. The Bertz CT molecular complexity index is 419. The fraction of sp³-hybridized carbons (Fsp3) is 0.562. The first-order valence-electron chi connectivity index (χ1n) is 7.08. The molecule has 2 rings (SSSR count). The molecule has 0 heterocycles. The van der Waals surface area contributed by atoms with Gasteiger partial charge in [0.25, 0.3) is 0 Å². The highest BCUT2D eigenvalue weighted by Gasteiger charge is 2.30. The third kappa shape index (κ3) is 3.35. The van der Waals surface area contributed by atoms with Crippen molar-refractivity contribution in [2.24, 2.45) is 11.8 Å². The molecule has 0 amide bonds. The van der Waals surface area contributed by atoms with Crippen molar-refractivity contribution >= 4 is 5.97 Å². The second-order valence-corrected chi connectivity index (χ2v) is 5.63. The predicted molar refractivity (Wildman–Crippen MR) is 76.1 cm³/mol. The summed E-state index contributed by atoms with van der Waals surface area (Å²) < 4.78 is 0. The van der Waals surface area contributed by atoms with Gasteiger partial charge in [0, 0.05) is 6.04 Å². The van der Waals surface area contributed by atoms with Crippen molar-refractivity contribution in [1.29, 1.82) is 0 Å². The molecule has 104 valence electrons. The van der Waals surface area contributed by atoms with Crippen molar-refractivity contribution in [3.63, 3.8) is 0 Å². The van der Waals surface area contributed by atoms with Crippen LogP contribution in [0.15, 0.2) is 24.3 Å². The Morgan fingerprint density at radius 2 is 1.79 bits per heavy atom. The van der Waals surface area contributed by atoms with E-state index in [9.17, 15) is 4.79 Å². The Hall–Kier alpha value is -1.35. The molecule has 0 bridgehead atoms. The number of aryl methyl sites for hydroxylation is 1. The van der Waals surface area contributed by atoms with Crippen LogP contribution in [0.25, 0.3) is 0 Å². The maximum atomic E-state index is 11.0. The maximum Gasteiger partial charge on any atom is 0.306 e. The molecule has 1 fully saturated rings. The summed E-state index contributed by atoms with van der Waals surface area (Å²) in [6, 6.07) is 8.99. The number of hydrogen-bond acceptors (Lipinski definition) is 2. The number of aliphatic carboxylic acids is 1. The van der Waals surface area contributed by atoms with Crippen LogP contribution in [0.4, 0.5) is 0 Å². The van der Waals surface area contributed by atoms with Gasteiger partial charge in [-0.3, -0.25) is 4.79 Å². The summed E-state index contributed by atoms with van der Waals surface area (Å²) in [6.07, 6.45) is 3.61. The quantitative estimate of drug-likeness (QED) is 0.875. The second-order valence-electron chi connectivity index (χ2n) is 5.63.